The number of rotatable bonds is 1. The SMILES string of the molecule is CN=[S@@](C)(=O)c1ccncc1. The zero-order valence-electron chi connectivity index (χ0n) is 6.52. The van der Waals surface area contributed by atoms with Crippen LogP contribution >= 0.6 is 0 Å². The van der Waals surface area contributed by atoms with E-state index in [1.807, 2.05) is 0 Å². The molecule has 60 valence electrons. The summed E-state index contributed by atoms with van der Waals surface area (Å²) < 4.78 is 15.4. The van der Waals surface area contributed by atoms with Gasteiger partial charge < -0.3 is 0 Å². The van der Waals surface area contributed by atoms with Crippen molar-refractivity contribution in [3.8, 4) is 0 Å². The maximum atomic E-state index is 11.6. The van der Waals surface area contributed by atoms with Gasteiger partial charge in [-0.25, -0.2) is 8.57 Å². The predicted octanol–water partition coefficient (Wildman–Crippen LogP) is 1.17. The molecule has 0 aliphatic carbocycles. The van der Waals surface area contributed by atoms with Crippen LogP contribution in [0.5, 0.6) is 0 Å². The standard InChI is InChI=1S/C7H10N2OS/c1-8-11(2,10)7-3-5-9-6-4-7/h3-6H,1-2H3/t11-/m0/s1. The van der Waals surface area contributed by atoms with Gasteiger partial charge in [0.15, 0.2) is 0 Å². The minimum atomic E-state index is -2.16. The Kier molecular flexibility index (Phi) is 2.24. The first-order valence-electron chi connectivity index (χ1n) is 3.17. The summed E-state index contributed by atoms with van der Waals surface area (Å²) in [6.45, 7) is 0. The van der Waals surface area contributed by atoms with E-state index >= 15 is 0 Å². The number of hydrogen-bond donors (Lipinski definition) is 0. The summed E-state index contributed by atoms with van der Waals surface area (Å²) in [4.78, 5) is 4.56. The summed E-state index contributed by atoms with van der Waals surface area (Å²) in [5.74, 6) is 0. The van der Waals surface area contributed by atoms with Crippen LogP contribution in [0, 0.1) is 0 Å². The van der Waals surface area contributed by atoms with E-state index in [-0.39, 0.29) is 0 Å². The third-order valence-corrected chi connectivity index (χ3v) is 3.28. The van der Waals surface area contributed by atoms with E-state index in [1.165, 1.54) is 0 Å². The Bertz CT molecular complexity index is 339. The second-order valence-electron chi connectivity index (χ2n) is 2.17. The molecule has 1 rings (SSSR count). The van der Waals surface area contributed by atoms with Crippen LogP contribution in [0.15, 0.2) is 33.8 Å². The van der Waals surface area contributed by atoms with Gasteiger partial charge >= 0.3 is 0 Å². The fraction of sp³-hybridized carbons (Fsp3) is 0.286. The number of pyridine rings is 1. The van der Waals surface area contributed by atoms with Crippen molar-refractivity contribution in [2.75, 3.05) is 13.3 Å². The average Bonchev–Trinajstić information content (AvgIpc) is 2.06. The number of aromatic nitrogens is 1. The van der Waals surface area contributed by atoms with Gasteiger partial charge in [-0.15, -0.1) is 0 Å². The molecule has 0 fully saturated rings. The topological polar surface area (TPSA) is 42.3 Å². The molecular weight excluding hydrogens is 160 g/mol. The molecule has 1 aromatic rings. The summed E-state index contributed by atoms with van der Waals surface area (Å²) in [6.07, 6.45) is 4.84. The minimum Gasteiger partial charge on any atom is -0.265 e. The smallest absolute Gasteiger partial charge is 0.0721 e. The summed E-state index contributed by atoms with van der Waals surface area (Å²) in [6, 6.07) is 3.44. The largest absolute Gasteiger partial charge is 0.265 e. The summed E-state index contributed by atoms with van der Waals surface area (Å²) >= 11 is 0. The Labute approximate surface area is 66.7 Å². The van der Waals surface area contributed by atoms with Crippen LogP contribution in [0.4, 0.5) is 0 Å². The molecule has 0 spiro atoms. The van der Waals surface area contributed by atoms with Crippen molar-refractivity contribution < 1.29 is 4.21 Å². The van der Waals surface area contributed by atoms with Crippen molar-refractivity contribution >= 4 is 9.73 Å². The molecule has 11 heavy (non-hydrogen) atoms. The van der Waals surface area contributed by atoms with Gasteiger partial charge in [0.05, 0.1) is 14.6 Å². The van der Waals surface area contributed by atoms with E-state index in [9.17, 15) is 4.21 Å². The highest BCUT2D eigenvalue weighted by atomic mass is 32.2. The highest BCUT2D eigenvalue weighted by Crippen LogP contribution is 2.07. The van der Waals surface area contributed by atoms with Crippen LogP contribution in [0.25, 0.3) is 0 Å². The summed E-state index contributed by atoms with van der Waals surface area (Å²) in [5, 5.41) is 0. The molecule has 0 saturated carbocycles. The van der Waals surface area contributed by atoms with Crippen LogP contribution in [0.2, 0.25) is 0 Å². The van der Waals surface area contributed by atoms with Crippen molar-refractivity contribution in [1.29, 1.82) is 0 Å². The van der Waals surface area contributed by atoms with Gasteiger partial charge in [0, 0.05) is 25.7 Å². The molecule has 1 atom stereocenters. The lowest BCUT2D eigenvalue weighted by Crippen LogP contribution is -1.96. The van der Waals surface area contributed by atoms with E-state index in [0.717, 1.165) is 4.90 Å². The monoisotopic (exact) mass is 170 g/mol. The molecule has 0 radical (unpaired) electrons. The number of hydrogen-bond acceptors (Lipinski definition) is 3. The quantitative estimate of drug-likeness (QED) is 0.635. The molecule has 1 heterocycles. The van der Waals surface area contributed by atoms with Crippen LogP contribution in [0.1, 0.15) is 0 Å². The molecule has 0 aliphatic rings. The van der Waals surface area contributed by atoms with Crippen LogP contribution in [-0.2, 0) is 9.73 Å². The third-order valence-electron chi connectivity index (χ3n) is 1.44. The average molecular weight is 170 g/mol. The van der Waals surface area contributed by atoms with Crippen molar-refractivity contribution in [2.45, 2.75) is 4.90 Å². The Morgan fingerprint density at radius 1 is 1.45 bits per heavy atom. The summed E-state index contributed by atoms with van der Waals surface area (Å²) in [5.41, 5.74) is 0. The highest BCUT2D eigenvalue weighted by molar-refractivity contribution is 7.93. The Hall–Kier alpha value is -0.900. The minimum absolute atomic E-state index is 0.731. The zero-order valence-corrected chi connectivity index (χ0v) is 7.34. The fourth-order valence-electron chi connectivity index (χ4n) is 0.696. The highest BCUT2D eigenvalue weighted by Gasteiger charge is 2.01. The second kappa shape index (κ2) is 3.00. The molecule has 4 heteroatoms. The van der Waals surface area contributed by atoms with Gasteiger partial charge in [-0.3, -0.25) is 4.98 Å². The third kappa shape index (κ3) is 1.77. The molecule has 0 aliphatic heterocycles. The lowest BCUT2D eigenvalue weighted by Gasteiger charge is -1.99. The first-order chi connectivity index (χ1) is 5.17. The normalized spacial score (nSPS) is 15.5. The van der Waals surface area contributed by atoms with Gasteiger partial charge in [0.25, 0.3) is 0 Å². The second-order valence-corrected chi connectivity index (χ2v) is 4.61. The van der Waals surface area contributed by atoms with E-state index in [4.69, 9.17) is 0 Å². The van der Waals surface area contributed by atoms with Crippen LogP contribution < -0.4 is 0 Å². The molecule has 3 nitrogen and oxygen atoms in total. The molecule has 0 saturated heterocycles. The van der Waals surface area contributed by atoms with Gasteiger partial charge in [-0.2, -0.15) is 0 Å². The van der Waals surface area contributed by atoms with E-state index < -0.39 is 9.73 Å². The maximum absolute atomic E-state index is 11.6. The van der Waals surface area contributed by atoms with Gasteiger partial charge in [-0.1, -0.05) is 0 Å². The van der Waals surface area contributed by atoms with E-state index in [2.05, 4.69) is 9.35 Å². The van der Waals surface area contributed by atoms with Gasteiger partial charge in [0.2, 0.25) is 0 Å². The van der Waals surface area contributed by atoms with Crippen molar-refractivity contribution in [2.24, 2.45) is 4.36 Å². The molecule has 0 bridgehead atoms. The molecule has 0 aromatic carbocycles. The molecule has 0 unspecified atom stereocenters. The van der Waals surface area contributed by atoms with Crippen LogP contribution in [-0.4, -0.2) is 22.5 Å². The fourth-order valence-corrected chi connectivity index (χ4v) is 1.53. The zero-order chi connectivity index (χ0) is 8.32. The Balaban J connectivity index is 3.25. The molecule has 1 aromatic heterocycles. The molecule has 0 amide bonds. The molecular formula is C7H10N2OS. The summed E-state index contributed by atoms with van der Waals surface area (Å²) in [7, 11) is -0.605. The Morgan fingerprint density at radius 2 is 2.00 bits per heavy atom. The maximum Gasteiger partial charge on any atom is 0.0721 e. The lowest BCUT2D eigenvalue weighted by molar-refractivity contribution is 0.680. The first-order valence-corrected chi connectivity index (χ1v) is 5.09. The Morgan fingerprint density at radius 3 is 2.45 bits per heavy atom. The first kappa shape index (κ1) is 8.20. The van der Waals surface area contributed by atoms with E-state index in [0.29, 0.717) is 0 Å². The predicted molar refractivity (Wildman–Crippen MR) is 44.9 cm³/mol. The van der Waals surface area contributed by atoms with Crippen molar-refractivity contribution in [3.05, 3.63) is 24.5 Å². The number of nitrogens with zero attached hydrogens (tertiary/aromatic N) is 2. The van der Waals surface area contributed by atoms with Crippen LogP contribution in [0.3, 0.4) is 0 Å². The van der Waals surface area contributed by atoms with Gasteiger partial charge in [0.1, 0.15) is 0 Å². The van der Waals surface area contributed by atoms with Gasteiger partial charge in [-0.05, 0) is 12.1 Å². The van der Waals surface area contributed by atoms with Crippen molar-refractivity contribution in [3.63, 3.8) is 0 Å². The lowest BCUT2D eigenvalue weighted by atomic mass is 10.5. The molecule has 0 N–H and O–H groups in total. The van der Waals surface area contributed by atoms with E-state index in [1.54, 1.807) is 37.8 Å². The van der Waals surface area contributed by atoms with Crippen molar-refractivity contribution in [1.82, 2.24) is 4.98 Å².